The lowest BCUT2D eigenvalue weighted by Gasteiger charge is -2.23. The van der Waals surface area contributed by atoms with Gasteiger partial charge in [-0.05, 0) is 6.92 Å². The Morgan fingerprint density at radius 2 is 2.17 bits per heavy atom. The summed E-state index contributed by atoms with van der Waals surface area (Å²) in [6.45, 7) is 1.99. The normalized spacial score (nSPS) is 14.3. The van der Waals surface area contributed by atoms with E-state index in [0.717, 1.165) is 0 Å². The van der Waals surface area contributed by atoms with Crippen molar-refractivity contribution in [3.05, 3.63) is 17.7 Å². The number of pyridine rings is 1. The number of ether oxygens (including phenoxy) is 1. The molecular weight excluding hydrogens is 244 g/mol. The predicted molar refractivity (Wildman–Crippen MR) is 64.2 cm³/mol. The number of aromatic nitrogens is 1. The Morgan fingerprint density at radius 1 is 1.50 bits per heavy atom. The van der Waals surface area contributed by atoms with Crippen molar-refractivity contribution in [1.29, 1.82) is 0 Å². The fourth-order valence-corrected chi connectivity index (χ4v) is 1.29. The summed E-state index contributed by atoms with van der Waals surface area (Å²) in [5, 5.41) is 12.5. The van der Waals surface area contributed by atoms with Gasteiger partial charge in [0.1, 0.15) is 0 Å². The standard InChI is InChI=1S/C11H17F2N3O2/c1-11(17,3-4-18-2)6-15-10-8(13)5-7(12)9(14)16-10/h5,17H,3-4,6H2,1-2H3,(H3,14,15,16). The maximum absolute atomic E-state index is 13.3. The molecule has 0 fully saturated rings. The Hall–Kier alpha value is -1.47. The van der Waals surface area contributed by atoms with Crippen molar-refractivity contribution in [3.63, 3.8) is 0 Å². The van der Waals surface area contributed by atoms with Crippen LogP contribution in [0.4, 0.5) is 20.4 Å². The predicted octanol–water partition coefficient (Wildman–Crippen LogP) is 1.14. The molecule has 0 saturated heterocycles. The lowest BCUT2D eigenvalue weighted by Crippen LogP contribution is -2.35. The highest BCUT2D eigenvalue weighted by Gasteiger charge is 2.21. The minimum atomic E-state index is -1.09. The first-order valence-electron chi connectivity index (χ1n) is 5.42. The number of methoxy groups -OCH3 is 1. The second-order valence-electron chi connectivity index (χ2n) is 4.28. The van der Waals surface area contributed by atoms with Crippen molar-refractivity contribution in [3.8, 4) is 0 Å². The zero-order chi connectivity index (χ0) is 13.8. The number of hydrogen-bond acceptors (Lipinski definition) is 5. The SMILES string of the molecule is COCCC(C)(O)CNc1nc(N)c(F)cc1F. The summed E-state index contributed by atoms with van der Waals surface area (Å²) in [7, 11) is 1.52. The monoisotopic (exact) mass is 261 g/mol. The van der Waals surface area contributed by atoms with Crippen LogP contribution in [0.3, 0.4) is 0 Å². The molecule has 1 aromatic heterocycles. The van der Waals surface area contributed by atoms with Crippen molar-refractivity contribution in [1.82, 2.24) is 4.98 Å². The minimum Gasteiger partial charge on any atom is -0.388 e. The molecule has 0 aromatic carbocycles. The van der Waals surface area contributed by atoms with E-state index >= 15 is 0 Å². The zero-order valence-electron chi connectivity index (χ0n) is 10.3. The van der Waals surface area contributed by atoms with E-state index in [2.05, 4.69) is 10.3 Å². The molecule has 0 aliphatic heterocycles. The van der Waals surface area contributed by atoms with Crippen LogP contribution in [0.15, 0.2) is 6.07 Å². The number of nitrogens with one attached hydrogen (secondary N) is 1. The van der Waals surface area contributed by atoms with Gasteiger partial charge in [-0.2, -0.15) is 0 Å². The van der Waals surface area contributed by atoms with E-state index in [9.17, 15) is 13.9 Å². The van der Waals surface area contributed by atoms with Crippen LogP contribution < -0.4 is 11.1 Å². The van der Waals surface area contributed by atoms with Crippen molar-refractivity contribution >= 4 is 11.6 Å². The Morgan fingerprint density at radius 3 is 2.78 bits per heavy atom. The van der Waals surface area contributed by atoms with E-state index < -0.39 is 23.1 Å². The zero-order valence-corrected chi connectivity index (χ0v) is 10.3. The summed E-state index contributed by atoms with van der Waals surface area (Å²) in [5.41, 5.74) is 4.14. The first-order valence-corrected chi connectivity index (χ1v) is 5.42. The largest absolute Gasteiger partial charge is 0.388 e. The molecule has 1 unspecified atom stereocenters. The first-order chi connectivity index (χ1) is 8.35. The second-order valence-corrected chi connectivity index (χ2v) is 4.28. The molecule has 0 amide bonds. The van der Waals surface area contributed by atoms with Crippen LogP contribution in [0.5, 0.6) is 0 Å². The van der Waals surface area contributed by atoms with Crippen molar-refractivity contribution in [2.75, 3.05) is 31.3 Å². The number of nitrogen functional groups attached to an aromatic ring is 1. The molecule has 1 rings (SSSR count). The van der Waals surface area contributed by atoms with E-state index in [4.69, 9.17) is 10.5 Å². The van der Waals surface area contributed by atoms with Crippen LogP contribution in [0.2, 0.25) is 0 Å². The Bertz CT molecular complexity index is 414. The summed E-state index contributed by atoms with van der Waals surface area (Å²) < 4.78 is 31.1. The lowest BCUT2D eigenvalue weighted by atomic mass is 10.0. The molecule has 18 heavy (non-hydrogen) atoms. The maximum Gasteiger partial charge on any atom is 0.168 e. The quantitative estimate of drug-likeness (QED) is 0.715. The van der Waals surface area contributed by atoms with Crippen molar-refractivity contribution in [2.45, 2.75) is 18.9 Å². The third-order valence-corrected chi connectivity index (χ3v) is 2.44. The summed E-state index contributed by atoms with van der Waals surface area (Å²) in [6.07, 6.45) is 0.370. The molecule has 0 saturated carbocycles. The molecule has 1 atom stereocenters. The van der Waals surface area contributed by atoms with Gasteiger partial charge in [0.2, 0.25) is 0 Å². The van der Waals surface area contributed by atoms with E-state index in [1.54, 1.807) is 6.92 Å². The highest BCUT2D eigenvalue weighted by atomic mass is 19.1. The minimum absolute atomic E-state index is 0.0470. The number of nitrogens with zero attached hydrogens (tertiary/aromatic N) is 1. The van der Waals surface area contributed by atoms with Crippen LogP contribution in [0.1, 0.15) is 13.3 Å². The average Bonchev–Trinajstić information content (AvgIpc) is 2.30. The van der Waals surface area contributed by atoms with Crippen molar-refractivity contribution in [2.24, 2.45) is 0 Å². The van der Waals surface area contributed by atoms with Crippen LogP contribution in [0.25, 0.3) is 0 Å². The van der Waals surface area contributed by atoms with Crippen LogP contribution >= 0.6 is 0 Å². The third kappa shape index (κ3) is 4.08. The molecule has 0 spiro atoms. The Kier molecular flexibility index (Phi) is 4.80. The summed E-state index contributed by atoms with van der Waals surface area (Å²) >= 11 is 0. The van der Waals surface area contributed by atoms with E-state index in [1.165, 1.54) is 7.11 Å². The molecule has 5 nitrogen and oxygen atoms in total. The van der Waals surface area contributed by atoms with E-state index in [1.807, 2.05) is 0 Å². The highest BCUT2D eigenvalue weighted by molar-refractivity contribution is 5.45. The molecule has 7 heteroatoms. The molecule has 0 aliphatic rings. The van der Waals surface area contributed by atoms with E-state index in [-0.39, 0.29) is 12.4 Å². The number of anilines is 2. The molecule has 1 heterocycles. The van der Waals surface area contributed by atoms with Gasteiger partial charge < -0.3 is 20.9 Å². The van der Waals surface area contributed by atoms with Gasteiger partial charge in [-0.3, -0.25) is 0 Å². The first kappa shape index (κ1) is 14.6. The Labute approximate surface area is 104 Å². The molecule has 4 N–H and O–H groups in total. The van der Waals surface area contributed by atoms with Gasteiger partial charge in [-0.1, -0.05) is 0 Å². The number of aliphatic hydroxyl groups is 1. The van der Waals surface area contributed by atoms with Gasteiger partial charge >= 0.3 is 0 Å². The fourth-order valence-electron chi connectivity index (χ4n) is 1.29. The van der Waals surface area contributed by atoms with Gasteiger partial charge in [0.15, 0.2) is 23.3 Å². The average molecular weight is 261 g/mol. The van der Waals surface area contributed by atoms with Gasteiger partial charge in [0, 0.05) is 32.7 Å². The molecule has 0 aliphatic carbocycles. The molecule has 102 valence electrons. The third-order valence-electron chi connectivity index (χ3n) is 2.44. The van der Waals surface area contributed by atoms with Gasteiger partial charge in [0.05, 0.1) is 5.60 Å². The van der Waals surface area contributed by atoms with Crippen LogP contribution in [-0.2, 0) is 4.74 Å². The molecular formula is C11H17F2N3O2. The second kappa shape index (κ2) is 5.92. The number of hydrogen-bond donors (Lipinski definition) is 3. The van der Waals surface area contributed by atoms with E-state index in [0.29, 0.717) is 19.1 Å². The van der Waals surface area contributed by atoms with Crippen LogP contribution in [0, 0.1) is 11.6 Å². The van der Waals surface area contributed by atoms with Crippen molar-refractivity contribution < 1.29 is 18.6 Å². The molecule has 0 radical (unpaired) electrons. The number of nitrogens with two attached hydrogens (primary N) is 1. The number of halogens is 2. The van der Waals surface area contributed by atoms with Gasteiger partial charge in [-0.25, -0.2) is 13.8 Å². The Balaban J connectivity index is 2.66. The van der Waals surface area contributed by atoms with Gasteiger partial charge in [0.25, 0.3) is 0 Å². The summed E-state index contributed by atoms with van der Waals surface area (Å²) in [4.78, 5) is 3.53. The van der Waals surface area contributed by atoms with Gasteiger partial charge in [-0.15, -0.1) is 0 Å². The summed E-state index contributed by atoms with van der Waals surface area (Å²) in [5.74, 6) is -2.35. The smallest absolute Gasteiger partial charge is 0.168 e. The summed E-state index contributed by atoms with van der Waals surface area (Å²) in [6, 6.07) is 0.647. The maximum atomic E-state index is 13.3. The highest BCUT2D eigenvalue weighted by Crippen LogP contribution is 2.18. The number of rotatable bonds is 6. The topological polar surface area (TPSA) is 80.4 Å². The molecule has 1 aromatic rings. The molecule has 0 bridgehead atoms. The van der Waals surface area contributed by atoms with Crippen LogP contribution in [-0.4, -0.2) is 36.0 Å². The lowest BCUT2D eigenvalue weighted by molar-refractivity contribution is 0.0356. The fraction of sp³-hybridized carbons (Fsp3) is 0.545.